The Bertz CT molecular complexity index is 370. The van der Waals surface area contributed by atoms with Crippen LogP contribution in [0.1, 0.15) is 26.7 Å². The fourth-order valence-corrected chi connectivity index (χ4v) is 2.76. The minimum Gasteiger partial charge on any atom is -0.369 e. The van der Waals surface area contributed by atoms with Crippen molar-refractivity contribution in [3.63, 3.8) is 0 Å². The zero-order chi connectivity index (χ0) is 12.9. The topological polar surface area (TPSA) is 24.9 Å². The lowest BCUT2D eigenvalue weighted by Gasteiger charge is -2.25. The highest BCUT2D eigenvalue weighted by molar-refractivity contribution is 9.11. The first-order chi connectivity index (χ1) is 7.94. The van der Waals surface area contributed by atoms with Crippen LogP contribution in [0.2, 0.25) is 0 Å². The summed E-state index contributed by atoms with van der Waals surface area (Å²) in [5, 5.41) is 3.37. The Morgan fingerprint density at radius 1 is 1.41 bits per heavy atom. The predicted molar refractivity (Wildman–Crippen MR) is 81.9 cm³/mol. The Morgan fingerprint density at radius 2 is 2.12 bits per heavy atom. The highest BCUT2D eigenvalue weighted by Crippen LogP contribution is 2.27. The molecule has 0 radical (unpaired) electrons. The van der Waals surface area contributed by atoms with Crippen molar-refractivity contribution in [1.29, 1.82) is 0 Å². The molecule has 0 bridgehead atoms. The first kappa shape index (κ1) is 15.3. The molecule has 5 heteroatoms. The summed E-state index contributed by atoms with van der Waals surface area (Å²) in [6.07, 6.45) is 3.95. The Hall–Kier alpha value is 0.200. The van der Waals surface area contributed by atoms with Gasteiger partial charge in [-0.05, 0) is 56.2 Å². The molecule has 0 aliphatic heterocycles. The Balaban J connectivity index is 2.54. The second-order valence-electron chi connectivity index (χ2n) is 4.79. The van der Waals surface area contributed by atoms with Crippen molar-refractivity contribution < 1.29 is 0 Å². The van der Waals surface area contributed by atoms with E-state index in [0.29, 0.717) is 0 Å². The molecule has 96 valence electrons. The average Bonchev–Trinajstić information content (AvgIpc) is 2.25. The maximum Gasteiger partial charge on any atom is 0.140 e. The van der Waals surface area contributed by atoms with Gasteiger partial charge in [0.1, 0.15) is 5.82 Å². The smallest absolute Gasteiger partial charge is 0.140 e. The van der Waals surface area contributed by atoms with Crippen molar-refractivity contribution in [1.82, 2.24) is 4.98 Å². The van der Waals surface area contributed by atoms with Crippen LogP contribution in [-0.4, -0.2) is 17.4 Å². The van der Waals surface area contributed by atoms with Crippen LogP contribution in [0.5, 0.6) is 0 Å². The lowest BCUT2D eigenvalue weighted by molar-refractivity contribution is 0.355. The monoisotopic (exact) mass is 382 g/mol. The number of anilines is 1. The lowest BCUT2D eigenvalue weighted by atomic mass is 9.88. The average molecular weight is 385 g/mol. The van der Waals surface area contributed by atoms with Gasteiger partial charge in [0.2, 0.25) is 0 Å². The van der Waals surface area contributed by atoms with Crippen LogP contribution in [0.3, 0.4) is 0 Å². The summed E-state index contributed by atoms with van der Waals surface area (Å²) in [6.45, 7) is 5.36. The lowest BCUT2D eigenvalue weighted by Crippen LogP contribution is -2.23. The van der Waals surface area contributed by atoms with E-state index in [0.717, 1.165) is 40.0 Å². The van der Waals surface area contributed by atoms with Crippen LogP contribution >= 0.6 is 43.5 Å². The summed E-state index contributed by atoms with van der Waals surface area (Å²) in [5.41, 5.74) is 0.225. The number of nitrogens with zero attached hydrogens (tertiary/aromatic N) is 1. The van der Waals surface area contributed by atoms with Gasteiger partial charge in [-0.2, -0.15) is 0 Å². The van der Waals surface area contributed by atoms with E-state index >= 15 is 0 Å². The molecule has 2 nitrogen and oxygen atoms in total. The number of hydrogen-bond acceptors (Lipinski definition) is 2. The fraction of sp³-hybridized carbons (Fsp3) is 0.583. The molecule has 0 amide bonds. The highest BCUT2D eigenvalue weighted by Gasteiger charge is 2.17. The maximum atomic E-state index is 5.72. The Morgan fingerprint density at radius 3 is 2.71 bits per heavy atom. The molecule has 0 spiro atoms. The van der Waals surface area contributed by atoms with Crippen molar-refractivity contribution in [3.05, 3.63) is 21.2 Å². The number of aromatic nitrogens is 1. The number of halogens is 3. The molecule has 1 aromatic rings. The van der Waals surface area contributed by atoms with E-state index in [1.165, 1.54) is 0 Å². The highest BCUT2D eigenvalue weighted by atomic mass is 79.9. The van der Waals surface area contributed by atoms with Gasteiger partial charge < -0.3 is 5.32 Å². The molecule has 0 atom stereocenters. The number of nitrogens with one attached hydrogen (secondary N) is 1. The molecule has 0 aliphatic rings. The minimum atomic E-state index is 0.225. The van der Waals surface area contributed by atoms with Crippen molar-refractivity contribution in [3.8, 4) is 0 Å². The van der Waals surface area contributed by atoms with Crippen molar-refractivity contribution in [2.45, 2.75) is 26.7 Å². The maximum absolute atomic E-state index is 5.72. The van der Waals surface area contributed by atoms with Crippen molar-refractivity contribution in [2.24, 2.45) is 5.41 Å². The summed E-state index contributed by atoms with van der Waals surface area (Å²) in [5.74, 6) is 1.61. The normalized spacial score (nSPS) is 11.6. The summed E-state index contributed by atoms with van der Waals surface area (Å²) in [4.78, 5) is 4.33. The van der Waals surface area contributed by atoms with Crippen LogP contribution < -0.4 is 5.32 Å². The molecule has 0 aromatic carbocycles. The number of pyridine rings is 1. The van der Waals surface area contributed by atoms with E-state index < -0.39 is 0 Å². The molecule has 1 N–H and O–H groups in total. The molecule has 1 heterocycles. The third-order valence-corrected chi connectivity index (χ3v) is 3.83. The largest absolute Gasteiger partial charge is 0.369 e. The zero-order valence-corrected chi connectivity index (χ0v) is 14.0. The molecular formula is C12H17Br2ClN2. The van der Waals surface area contributed by atoms with Gasteiger partial charge in [0.05, 0.1) is 4.47 Å². The quantitative estimate of drug-likeness (QED) is 0.693. The zero-order valence-electron chi connectivity index (χ0n) is 10.1. The van der Waals surface area contributed by atoms with Gasteiger partial charge in [0.15, 0.2) is 0 Å². The van der Waals surface area contributed by atoms with Crippen molar-refractivity contribution >= 4 is 49.3 Å². The molecule has 1 rings (SSSR count). The summed E-state index contributed by atoms with van der Waals surface area (Å²) >= 11 is 12.6. The summed E-state index contributed by atoms with van der Waals surface area (Å²) in [7, 11) is 0. The second-order valence-corrected chi connectivity index (χ2v) is 6.94. The second kappa shape index (κ2) is 6.95. The van der Waals surface area contributed by atoms with Gasteiger partial charge in [-0.15, -0.1) is 11.6 Å². The number of rotatable bonds is 6. The Labute approximate surface area is 125 Å². The third-order valence-electron chi connectivity index (χ3n) is 2.53. The molecule has 0 fully saturated rings. The SMILES string of the molecule is CC(C)(CCCCl)CNc1ncc(Br)cc1Br. The van der Waals surface area contributed by atoms with E-state index in [4.69, 9.17) is 11.6 Å². The van der Waals surface area contributed by atoms with Crippen molar-refractivity contribution in [2.75, 3.05) is 17.7 Å². The van der Waals surface area contributed by atoms with Gasteiger partial charge in [0.25, 0.3) is 0 Å². The van der Waals surface area contributed by atoms with Crippen LogP contribution in [0, 0.1) is 5.41 Å². The van der Waals surface area contributed by atoms with Gasteiger partial charge in [-0.1, -0.05) is 13.8 Å². The molecule has 1 aromatic heterocycles. The van der Waals surface area contributed by atoms with Crippen LogP contribution in [-0.2, 0) is 0 Å². The number of hydrogen-bond donors (Lipinski definition) is 1. The first-order valence-electron chi connectivity index (χ1n) is 5.55. The van der Waals surface area contributed by atoms with Crippen LogP contribution in [0.15, 0.2) is 21.2 Å². The third kappa shape index (κ3) is 5.58. The van der Waals surface area contributed by atoms with Crippen LogP contribution in [0.4, 0.5) is 5.82 Å². The van der Waals surface area contributed by atoms with E-state index in [2.05, 4.69) is 56.0 Å². The molecular weight excluding hydrogens is 367 g/mol. The summed E-state index contributed by atoms with van der Waals surface area (Å²) in [6, 6.07) is 1.99. The van der Waals surface area contributed by atoms with Gasteiger partial charge >= 0.3 is 0 Å². The van der Waals surface area contributed by atoms with Gasteiger partial charge in [-0.3, -0.25) is 0 Å². The summed E-state index contributed by atoms with van der Waals surface area (Å²) < 4.78 is 1.94. The van der Waals surface area contributed by atoms with Gasteiger partial charge in [0, 0.05) is 23.1 Å². The first-order valence-corrected chi connectivity index (χ1v) is 7.67. The number of alkyl halides is 1. The minimum absolute atomic E-state index is 0.225. The van der Waals surface area contributed by atoms with E-state index in [1.54, 1.807) is 6.20 Å². The predicted octanol–water partition coefficient (Wildman–Crippen LogP) is 5.06. The molecule has 0 aliphatic carbocycles. The van der Waals surface area contributed by atoms with Crippen LogP contribution in [0.25, 0.3) is 0 Å². The van der Waals surface area contributed by atoms with E-state index in [1.807, 2.05) is 6.07 Å². The molecule has 0 saturated carbocycles. The van der Waals surface area contributed by atoms with E-state index in [-0.39, 0.29) is 5.41 Å². The Kier molecular flexibility index (Phi) is 6.24. The van der Waals surface area contributed by atoms with E-state index in [9.17, 15) is 0 Å². The molecule has 0 unspecified atom stereocenters. The molecule has 17 heavy (non-hydrogen) atoms. The fourth-order valence-electron chi connectivity index (χ4n) is 1.50. The molecule has 0 saturated heterocycles. The standard InChI is InChI=1S/C12H17Br2ClN2/c1-12(2,4-3-5-15)8-17-11-10(14)6-9(13)7-16-11/h6-7H,3-5,8H2,1-2H3,(H,16,17). The van der Waals surface area contributed by atoms with Gasteiger partial charge in [-0.25, -0.2) is 4.98 Å².